The third-order valence-corrected chi connectivity index (χ3v) is 6.47. The fraction of sp³-hybridized carbons (Fsp3) is 0.0625. The quantitative estimate of drug-likeness (QED) is 0.359. The van der Waals surface area contributed by atoms with E-state index >= 15 is 0 Å². The summed E-state index contributed by atoms with van der Waals surface area (Å²) in [7, 11) is -8.08. The van der Waals surface area contributed by atoms with E-state index in [0.29, 0.717) is 33.7 Å². The number of halogens is 5. The van der Waals surface area contributed by atoms with E-state index in [2.05, 4.69) is 4.98 Å². The minimum absolute atomic E-state index is 0.189. The van der Waals surface area contributed by atoms with Gasteiger partial charge in [-0.25, -0.2) is 0 Å². The monoisotopic (exact) mass is 441 g/mol. The van der Waals surface area contributed by atoms with Crippen LogP contribution in [0.4, 0.5) is 19.4 Å². The number of aromatic nitrogens is 1. The van der Waals surface area contributed by atoms with E-state index in [1.165, 1.54) is 0 Å². The van der Waals surface area contributed by atoms with Gasteiger partial charge in [0.2, 0.25) is 0 Å². The Balaban J connectivity index is 1.90. The Morgan fingerprint density at radius 1 is 0.840 bits per heavy atom. The van der Waals surface area contributed by atoms with E-state index < -0.39 is 15.1 Å². The number of methoxy groups -OCH3 is 1. The molecular weight excluding hydrogens is 428 g/mol. The molecule has 0 saturated carbocycles. The summed E-state index contributed by atoms with van der Waals surface area (Å²) in [6, 6.07) is 10.1. The topological polar surface area (TPSA) is 22.1 Å². The van der Waals surface area contributed by atoms with Gasteiger partial charge in [-0.1, -0.05) is 0 Å². The van der Waals surface area contributed by atoms with Gasteiger partial charge in [-0.3, -0.25) is 0 Å². The Morgan fingerprint density at radius 2 is 1.40 bits per heavy atom. The van der Waals surface area contributed by atoms with Crippen molar-refractivity contribution in [2.24, 2.45) is 0 Å². The molecule has 0 radical (unpaired) electrons. The summed E-state index contributed by atoms with van der Waals surface area (Å²) in [5.74, 6) is 0.698. The Kier molecular flexibility index (Phi) is 3.83. The number of rotatable bonds is 4. The second kappa shape index (κ2) is 5.33. The Labute approximate surface area is 146 Å². The van der Waals surface area contributed by atoms with Crippen molar-refractivity contribution in [3.8, 4) is 27.1 Å². The van der Waals surface area contributed by atoms with Crippen molar-refractivity contribution in [1.29, 1.82) is 0 Å². The maximum atomic E-state index is 12.8. The van der Waals surface area contributed by atoms with E-state index in [4.69, 9.17) is 4.74 Å². The Bertz CT molecular complexity index is 905. The second-order valence-corrected chi connectivity index (χ2v) is 9.47. The third-order valence-electron chi connectivity index (χ3n) is 3.44. The summed E-state index contributed by atoms with van der Waals surface area (Å²) >= 11 is -0.189. The summed E-state index contributed by atoms with van der Waals surface area (Å²) in [6.07, 6.45) is 0. The van der Waals surface area contributed by atoms with Crippen LogP contribution in [0.2, 0.25) is 0 Å². The number of hydrogen-bond acceptors (Lipinski definition) is 2. The van der Waals surface area contributed by atoms with Crippen LogP contribution in [0.3, 0.4) is 0 Å². The van der Waals surface area contributed by atoms with Gasteiger partial charge in [-0.15, -0.1) is 0 Å². The standard InChI is InChI=1S/C16H12F5NOSSe/c1-23-13-6-2-11(3-7-13)15-10-25-16(22-15)12-4-8-14(9-5-12)24(17,18,19,20)21/h2-10H,1H3. The van der Waals surface area contributed by atoms with Gasteiger partial charge >= 0.3 is 146 Å². The van der Waals surface area contributed by atoms with Crippen molar-refractivity contribution in [2.75, 3.05) is 7.11 Å². The molecule has 9 heteroatoms. The van der Waals surface area contributed by atoms with E-state index in [1.807, 2.05) is 17.1 Å². The van der Waals surface area contributed by atoms with Crippen molar-refractivity contribution >= 4 is 24.7 Å². The van der Waals surface area contributed by atoms with E-state index in [1.54, 1.807) is 19.2 Å². The second-order valence-electron chi connectivity index (χ2n) is 5.26. The van der Waals surface area contributed by atoms with Crippen LogP contribution in [0.5, 0.6) is 5.75 Å². The van der Waals surface area contributed by atoms with Crippen LogP contribution in [0.1, 0.15) is 0 Å². The molecule has 134 valence electrons. The van der Waals surface area contributed by atoms with Crippen LogP contribution >= 0.6 is 10.2 Å². The fourth-order valence-electron chi connectivity index (χ4n) is 2.16. The predicted molar refractivity (Wildman–Crippen MR) is 90.0 cm³/mol. The molecule has 0 aliphatic carbocycles. The first kappa shape index (κ1) is 18.0. The number of ether oxygens (including phenoxy) is 1. The van der Waals surface area contributed by atoms with Gasteiger partial charge in [-0.05, 0) is 0 Å². The van der Waals surface area contributed by atoms with Crippen LogP contribution in [0, 0.1) is 0 Å². The van der Waals surface area contributed by atoms with Crippen molar-refractivity contribution in [1.82, 2.24) is 4.98 Å². The number of nitrogens with zero attached hydrogens (tertiary/aromatic N) is 1. The van der Waals surface area contributed by atoms with Crippen LogP contribution in [0.25, 0.3) is 21.4 Å². The summed E-state index contributed by atoms with van der Waals surface area (Å²) < 4.78 is 69.4. The summed E-state index contributed by atoms with van der Waals surface area (Å²) in [6.45, 7) is 0. The molecule has 0 unspecified atom stereocenters. The molecule has 0 N–H and O–H groups in total. The molecule has 0 aliphatic rings. The average molecular weight is 440 g/mol. The zero-order valence-electron chi connectivity index (χ0n) is 12.8. The Morgan fingerprint density at radius 3 is 1.92 bits per heavy atom. The zero-order valence-corrected chi connectivity index (χ0v) is 15.3. The minimum atomic E-state index is -9.64. The van der Waals surface area contributed by atoms with Crippen molar-refractivity contribution in [3.63, 3.8) is 0 Å². The molecule has 2 nitrogen and oxygen atoms in total. The van der Waals surface area contributed by atoms with E-state index in [0.717, 1.165) is 17.7 Å². The van der Waals surface area contributed by atoms with Crippen LogP contribution < -0.4 is 4.74 Å². The van der Waals surface area contributed by atoms with Crippen LogP contribution in [0.15, 0.2) is 58.4 Å². The molecule has 0 saturated heterocycles. The van der Waals surface area contributed by atoms with Gasteiger partial charge in [0, 0.05) is 0 Å². The van der Waals surface area contributed by atoms with Crippen molar-refractivity contribution < 1.29 is 24.2 Å². The summed E-state index contributed by atoms with van der Waals surface area (Å²) in [5, 5.41) is 0. The molecule has 3 rings (SSSR count). The molecule has 2 aromatic carbocycles. The van der Waals surface area contributed by atoms with E-state index in [9.17, 15) is 19.4 Å². The molecule has 0 atom stereocenters. The zero-order chi connectivity index (χ0) is 18.4. The molecule has 3 aromatic rings. The predicted octanol–water partition coefficient (Wildman–Crippen LogP) is 6.14. The van der Waals surface area contributed by atoms with Gasteiger partial charge in [0.25, 0.3) is 0 Å². The van der Waals surface area contributed by atoms with Crippen LogP contribution in [-0.2, 0) is 0 Å². The fourth-order valence-corrected chi connectivity index (χ4v) is 4.56. The van der Waals surface area contributed by atoms with Gasteiger partial charge in [-0.2, -0.15) is 0 Å². The first-order valence-corrected chi connectivity index (χ1v) is 10.7. The number of hydrogen-bond donors (Lipinski definition) is 0. The first-order valence-electron chi connectivity index (χ1n) is 6.91. The maximum absolute atomic E-state index is 12.8. The average Bonchev–Trinajstić information content (AvgIpc) is 3.03. The molecule has 1 heterocycles. The normalized spacial score (nSPS) is 14.6. The van der Waals surface area contributed by atoms with Crippen molar-refractivity contribution in [2.45, 2.75) is 4.90 Å². The van der Waals surface area contributed by atoms with Gasteiger partial charge < -0.3 is 0 Å². The molecule has 25 heavy (non-hydrogen) atoms. The van der Waals surface area contributed by atoms with Gasteiger partial charge in [0.15, 0.2) is 0 Å². The molecule has 1 aromatic heterocycles. The molecule has 0 bridgehead atoms. The molecular formula is C16H12F5NOSSe. The van der Waals surface area contributed by atoms with Gasteiger partial charge in [0.05, 0.1) is 0 Å². The molecule has 0 fully saturated rings. The molecule has 0 amide bonds. The molecule has 0 aliphatic heterocycles. The number of benzene rings is 2. The van der Waals surface area contributed by atoms with Crippen molar-refractivity contribution in [3.05, 3.63) is 53.5 Å². The molecule has 0 spiro atoms. The summed E-state index contributed by atoms with van der Waals surface area (Å²) in [4.78, 5) is 4.42. The SMILES string of the molecule is COc1ccc(-c2c[se]c(-c3ccc(S(F)(F)(F)(F)F)cc3)n2)cc1. The Hall–Kier alpha value is -1.83. The van der Waals surface area contributed by atoms with E-state index in [-0.39, 0.29) is 14.5 Å². The van der Waals surface area contributed by atoms with Crippen LogP contribution in [-0.4, -0.2) is 26.6 Å². The van der Waals surface area contributed by atoms with Gasteiger partial charge in [0.1, 0.15) is 0 Å². The summed E-state index contributed by atoms with van der Waals surface area (Å²) in [5.41, 5.74) is 1.96. The first-order chi connectivity index (χ1) is 11.5. The third kappa shape index (κ3) is 4.05.